The molecule has 1 atom stereocenters. The molecule has 0 aromatic heterocycles. The molecular formula is C24H31N3O2S. The molecule has 2 aromatic carbocycles. The minimum absolute atomic E-state index is 0.0339. The van der Waals surface area contributed by atoms with Gasteiger partial charge in [-0.05, 0) is 42.7 Å². The number of benzene rings is 2. The maximum absolute atomic E-state index is 12.9. The smallest absolute Gasteiger partial charge is 0.251 e. The Morgan fingerprint density at radius 1 is 1.07 bits per heavy atom. The van der Waals surface area contributed by atoms with Crippen molar-refractivity contribution in [3.8, 4) is 0 Å². The fourth-order valence-corrected chi connectivity index (χ4v) is 4.43. The third-order valence-electron chi connectivity index (χ3n) is 5.25. The van der Waals surface area contributed by atoms with Gasteiger partial charge in [0, 0.05) is 42.4 Å². The molecule has 2 N–H and O–H groups in total. The highest BCUT2D eigenvalue weighted by Crippen LogP contribution is 2.17. The highest BCUT2D eigenvalue weighted by Gasteiger charge is 2.25. The predicted octanol–water partition coefficient (Wildman–Crippen LogP) is 3.94. The van der Waals surface area contributed by atoms with Crippen LogP contribution in [-0.4, -0.2) is 47.4 Å². The summed E-state index contributed by atoms with van der Waals surface area (Å²) >= 11 is 2.00. The van der Waals surface area contributed by atoms with Gasteiger partial charge in [0.2, 0.25) is 5.91 Å². The van der Waals surface area contributed by atoms with Crippen LogP contribution in [0.5, 0.6) is 0 Å². The molecule has 2 amide bonds. The van der Waals surface area contributed by atoms with E-state index < -0.39 is 6.04 Å². The van der Waals surface area contributed by atoms with Crippen molar-refractivity contribution in [2.75, 3.05) is 29.9 Å². The Kier molecular flexibility index (Phi) is 7.94. The van der Waals surface area contributed by atoms with E-state index in [4.69, 9.17) is 0 Å². The molecule has 2 aromatic rings. The number of thioether (sulfide) groups is 1. The lowest BCUT2D eigenvalue weighted by molar-refractivity contribution is -0.118. The molecule has 5 nitrogen and oxygen atoms in total. The Balaban J connectivity index is 1.63. The topological polar surface area (TPSA) is 61.4 Å². The molecule has 1 saturated heterocycles. The van der Waals surface area contributed by atoms with Crippen molar-refractivity contribution in [2.45, 2.75) is 33.4 Å². The van der Waals surface area contributed by atoms with Crippen LogP contribution >= 0.6 is 11.8 Å². The van der Waals surface area contributed by atoms with Crippen LogP contribution in [0.4, 0.5) is 5.69 Å². The number of carbonyl (C=O) groups excluding carboxylic acids is 2. The number of rotatable bonds is 7. The summed E-state index contributed by atoms with van der Waals surface area (Å²) < 4.78 is 0. The summed E-state index contributed by atoms with van der Waals surface area (Å²) in [6.07, 6.45) is 0. The first kappa shape index (κ1) is 22.4. The van der Waals surface area contributed by atoms with Gasteiger partial charge in [0.1, 0.15) is 6.04 Å². The summed E-state index contributed by atoms with van der Waals surface area (Å²) in [6, 6.07) is 14.7. The van der Waals surface area contributed by atoms with Gasteiger partial charge in [-0.1, -0.05) is 43.7 Å². The second-order valence-corrected chi connectivity index (χ2v) is 9.36. The summed E-state index contributed by atoms with van der Waals surface area (Å²) in [4.78, 5) is 28.0. The fourth-order valence-electron chi connectivity index (χ4n) is 3.45. The second-order valence-electron chi connectivity index (χ2n) is 8.14. The van der Waals surface area contributed by atoms with Gasteiger partial charge >= 0.3 is 0 Å². The Bertz CT molecular complexity index is 861. The molecule has 0 bridgehead atoms. The number of nitrogens with one attached hydrogen (secondary N) is 2. The van der Waals surface area contributed by atoms with Crippen molar-refractivity contribution < 1.29 is 9.59 Å². The molecule has 30 heavy (non-hydrogen) atoms. The SMILES string of the molecule is Cc1ccc(C(=O)NC(C(=O)Nc2cccc(CN3CCSCC3)c2)C(C)C)cc1. The van der Waals surface area contributed by atoms with Crippen LogP contribution in [0.15, 0.2) is 48.5 Å². The number of hydrogen-bond acceptors (Lipinski definition) is 4. The lowest BCUT2D eigenvalue weighted by Gasteiger charge is -2.26. The number of amides is 2. The van der Waals surface area contributed by atoms with Crippen LogP contribution in [0, 0.1) is 12.8 Å². The van der Waals surface area contributed by atoms with Crippen LogP contribution in [0.1, 0.15) is 35.3 Å². The third-order valence-corrected chi connectivity index (χ3v) is 6.20. The Hall–Kier alpha value is -2.31. The van der Waals surface area contributed by atoms with Crippen molar-refractivity contribution in [1.82, 2.24) is 10.2 Å². The van der Waals surface area contributed by atoms with Gasteiger partial charge in [0.15, 0.2) is 0 Å². The molecule has 0 aliphatic carbocycles. The summed E-state index contributed by atoms with van der Waals surface area (Å²) in [5, 5.41) is 5.88. The first-order chi connectivity index (χ1) is 14.4. The number of hydrogen-bond donors (Lipinski definition) is 2. The van der Waals surface area contributed by atoms with Gasteiger partial charge in [-0.3, -0.25) is 14.5 Å². The molecule has 1 aliphatic rings. The first-order valence-electron chi connectivity index (χ1n) is 10.5. The number of nitrogens with zero attached hydrogens (tertiary/aromatic N) is 1. The second kappa shape index (κ2) is 10.6. The molecule has 1 fully saturated rings. The summed E-state index contributed by atoms with van der Waals surface area (Å²) in [7, 11) is 0. The molecule has 1 unspecified atom stereocenters. The molecule has 6 heteroatoms. The number of anilines is 1. The van der Waals surface area contributed by atoms with Crippen LogP contribution in [0.25, 0.3) is 0 Å². The highest BCUT2D eigenvalue weighted by atomic mass is 32.2. The van der Waals surface area contributed by atoms with Gasteiger partial charge in [0.05, 0.1) is 0 Å². The summed E-state index contributed by atoms with van der Waals surface area (Å²) in [5.41, 5.74) is 3.59. The lowest BCUT2D eigenvalue weighted by atomic mass is 10.0. The molecule has 0 saturated carbocycles. The van der Waals surface area contributed by atoms with Crippen molar-refractivity contribution in [3.63, 3.8) is 0 Å². The zero-order chi connectivity index (χ0) is 21.5. The predicted molar refractivity (Wildman–Crippen MR) is 125 cm³/mol. The highest BCUT2D eigenvalue weighted by molar-refractivity contribution is 7.99. The van der Waals surface area contributed by atoms with E-state index in [1.165, 1.54) is 17.1 Å². The molecule has 160 valence electrons. The summed E-state index contributed by atoms with van der Waals surface area (Å²) in [6.45, 7) is 8.94. The van der Waals surface area contributed by atoms with Crippen LogP contribution in [0.2, 0.25) is 0 Å². The van der Waals surface area contributed by atoms with E-state index >= 15 is 0 Å². The third kappa shape index (κ3) is 6.34. The van der Waals surface area contributed by atoms with Crippen LogP contribution in [0.3, 0.4) is 0 Å². The average Bonchev–Trinajstić information content (AvgIpc) is 2.73. The largest absolute Gasteiger partial charge is 0.340 e. The fraction of sp³-hybridized carbons (Fsp3) is 0.417. The number of carbonyl (C=O) groups is 2. The van der Waals surface area contributed by atoms with E-state index in [1.807, 2.05) is 62.9 Å². The Morgan fingerprint density at radius 2 is 1.77 bits per heavy atom. The van der Waals surface area contributed by atoms with Gasteiger partial charge in [-0.2, -0.15) is 11.8 Å². The van der Waals surface area contributed by atoms with E-state index in [0.29, 0.717) is 5.56 Å². The van der Waals surface area contributed by atoms with E-state index in [1.54, 1.807) is 12.1 Å². The van der Waals surface area contributed by atoms with Crippen LogP contribution in [-0.2, 0) is 11.3 Å². The normalized spacial score (nSPS) is 15.6. The van der Waals surface area contributed by atoms with Crippen LogP contribution < -0.4 is 10.6 Å². The molecule has 1 aliphatic heterocycles. The van der Waals surface area contributed by atoms with Gasteiger partial charge in [-0.25, -0.2) is 0 Å². The van der Waals surface area contributed by atoms with E-state index in [-0.39, 0.29) is 17.7 Å². The standard InChI is InChI=1S/C24H31N3O2S/c1-17(2)22(26-23(28)20-9-7-18(3)8-10-20)24(29)25-21-6-4-5-19(15-21)16-27-11-13-30-14-12-27/h4-10,15,17,22H,11-14,16H2,1-3H3,(H,25,29)(H,26,28). The minimum atomic E-state index is -0.610. The van der Waals surface area contributed by atoms with Gasteiger partial charge in [0.25, 0.3) is 5.91 Å². The molecular weight excluding hydrogens is 394 g/mol. The molecule has 0 spiro atoms. The Labute approximate surface area is 183 Å². The quantitative estimate of drug-likeness (QED) is 0.705. The van der Waals surface area contributed by atoms with E-state index in [2.05, 4.69) is 21.6 Å². The van der Waals surface area contributed by atoms with Crippen molar-refractivity contribution >= 4 is 29.3 Å². The Morgan fingerprint density at radius 3 is 2.43 bits per heavy atom. The molecule has 0 radical (unpaired) electrons. The van der Waals surface area contributed by atoms with Gasteiger partial charge in [-0.15, -0.1) is 0 Å². The monoisotopic (exact) mass is 425 g/mol. The minimum Gasteiger partial charge on any atom is -0.340 e. The first-order valence-corrected chi connectivity index (χ1v) is 11.7. The summed E-state index contributed by atoms with van der Waals surface area (Å²) in [5.74, 6) is 1.88. The zero-order valence-electron chi connectivity index (χ0n) is 18.0. The van der Waals surface area contributed by atoms with E-state index in [0.717, 1.165) is 30.9 Å². The van der Waals surface area contributed by atoms with Crippen molar-refractivity contribution in [1.29, 1.82) is 0 Å². The molecule has 1 heterocycles. The van der Waals surface area contributed by atoms with Gasteiger partial charge < -0.3 is 10.6 Å². The maximum atomic E-state index is 12.9. The lowest BCUT2D eigenvalue weighted by Crippen LogP contribution is -2.47. The maximum Gasteiger partial charge on any atom is 0.251 e. The van der Waals surface area contributed by atoms with Crippen molar-refractivity contribution in [3.05, 3.63) is 65.2 Å². The number of aryl methyl sites for hydroxylation is 1. The zero-order valence-corrected chi connectivity index (χ0v) is 18.8. The molecule has 3 rings (SSSR count). The van der Waals surface area contributed by atoms with E-state index in [9.17, 15) is 9.59 Å². The van der Waals surface area contributed by atoms with Crippen molar-refractivity contribution in [2.24, 2.45) is 5.92 Å². The average molecular weight is 426 g/mol.